The third-order valence-electron chi connectivity index (χ3n) is 4.49. The summed E-state index contributed by atoms with van der Waals surface area (Å²) in [5.74, 6) is 0.00668. The van der Waals surface area contributed by atoms with Crippen molar-refractivity contribution in [2.24, 2.45) is 0 Å². The van der Waals surface area contributed by atoms with E-state index in [4.69, 9.17) is 4.74 Å². The van der Waals surface area contributed by atoms with Gasteiger partial charge in [0, 0.05) is 38.3 Å². The zero-order chi connectivity index (χ0) is 20.7. The van der Waals surface area contributed by atoms with E-state index in [2.05, 4.69) is 34.6 Å². The normalized spacial score (nSPS) is 10.2. The fourth-order valence-corrected chi connectivity index (χ4v) is 2.91. The molecule has 0 heterocycles. The molecule has 0 fully saturated rings. The summed E-state index contributed by atoms with van der Waals surface area (Å²) in [7, 11) is 0. The van der Waals surface area contributed by atoms with E-state index in [-0.39, 0.29) is 12.5 Å². The molecule has 0 saturated heterocycles. The van der Waals surface area contributed by atoms with Crippen LogP contribution in [-0.4, -0.2) is 38.2 Å². The van der Waals surface area contributed by atoms with E-state index in [0.29, 0.717) is 25.9 Å². The second-order valence-electron chi connectivity index (χ2n) is 6.71. The average molecular weight is 398 g/mol. The Labute approximate surface area is 173 Å². The molecule has 0 aliphatic rings. The molecule has 2 rings (SSSR count). The maximum atomic E-state index is 11.9. The lowest BCUT2D eigenvalue weighted by Crippen LogP contribution is -2.30. The van der Waals surface area contributed by atoms with E-state index in [1.807, 2.05) is 48.5 Å². The molecule has 156 valence electrons. The van der Waals surface area contributed by atoms with Crippen molar-refractivity contribution in [1.29, 1.82) is 0 Å². The van der Waals surface area contributed by atoms with Gasteiger partial charge in [-0.15, -0.1) is 0 Å². The average Bonchev–Trinajstić information content (AvgIpc) is 2.76. The van der Waals surface area contributed by atoms with Crippen molar-refractivity contribution >= 4 is 17.7 Å². The largest absolute Gasteiger partial charge is 0.445 e. The Bertz CT molecular complexity index is 723. The molecule has 0 bridgehead atoms. The molecule has 29 heavy (non-hydrogen) atoms. The quantitative estimate of drug-likeness (QED) is 0.536. The fraction of sp³-hybridized carbons (Fsp3) is 0.391. The van der Waals surface area contributed by atoms with E-state index in [9.17, 15) is 9.59 Å². The highest BCUT2D eigenvalue weighted by atomic mass is 16.5. The first-order valence-electron chi connectivity index (χ1n) is 10.2. The molecule has 2 N–H and O–H groups in total. The van der Waals surface area contributed by atoms with Gasteiger partial charge in [-0.1, -0.05) is 48.5 Å². The molecule has 0 spiro atoms. The SMILES string of the molecule is CCN(CCCNC(=O)CCCNC(=O)OCc1ccccc1)c1ccccc1. The zero-order valence-corrected chi connectivity index (χ0v) is 17.1. The number of hydrogen-bond donors (Lipinski definition) is 2. The van der Waals surface area contributed by atoms with Gasteiger partial charge in [-0.25, -0.2) is 4.79 Å². The van der Waals surface area contributed by atoms with Gasteiger partial charge in [0.1, 0.15) is 6.61 Å². The molecule has 6 heteroatoms. The Morgan fingerprint density at radius 1 is 0.897 bits per heavy atom. The molecule has 0 saturated carbocycles. The van der Waals surface area contributed by atoms with Crippen LogP contribution in [0.1, 0.15) is 31.7 Å². The maximum Gasteiger partial charge on any atom is 0.407 e. The van der Waals surface area contributed by atoms with Crippen molar-refractivity contribution in [1.82, 2.24) is 10.6 Å². The van der Waals surface area contributed by atoms with E-state index in [1.165, 1.54) is 5.69 Å². The smallest absolute Gasteiger partial charge is 0.407 e. The summed E-state index contributed by atoms with van der Waals surface area (Å²) in [5.41, 5.74) is 2.14. The molecule has 2 aromatic carbocycles. The minimum absolute atomic E-state index is 0.00668. The maximum absolute atomic E-state index is 11.9. The minimum atomic E-state index is -0.463. The standard InChI is InChI=1S/C23H31N3O3/c1-2-26(21-13-7-4-8-14-21)18-10-17-24-22(27)15-9-16-25-23(28)29-19-20-11-5-3-6-12-20/h3-8,11-14H,2,9-10,15-19H2,1H3,(H,24,27)(H,25,28). The molecule has 0 aliphatic carbocycles. The first-order valence-corrected chi connectivity index (χ1v) is 10.2. The molecule has 2 amide bonds. The summed E-state index contributed by atoms with van der Waals surface area (Å²) in [6.45, 7) is 5.27. The molecule has 2 aromatic rings. The number of ether oxygens (including phenoxy) is 1. The number of rotatable bonds is 12. The zero-order valence-electron chi connectivity index (χ0n) is 17.1. The van der Waals surface area contributed by atoms with Crippen LogP contribution in [-0.2, 0) is 16.1 Å². The van der Waals surface area contributed by atoms with Gasteiger partial charge in [-0.3, -0.25) is 4.79 Å². The van der Waals surface area contributed by atoms with Crippen molar-refractivity contribution in [3.8, 4) is 0 Å². The van der Waals surface area contributed by atoms with Crippen molar-refractivity contribution in [3.63, 3.8) is 0 Å². The topological polar surface area (TPSA) is 70.7 Å². The van der Waals surface area contributed by atoms with Crippen LogP contribution >= 0.6 is 0 Å². The second-order valence-corrected chi connectivity index (χ2v) is 6.71. The highest BCUT2D eigenvalue weighted by Crippen LogP contribution is 2.12. The van der Waals surface area contributed by atoms with Gasteiger partial charge in [-0.2, -0.15) is 0 Å². The van der Waals surface area contributed by atoms with Crippen molar-refractivity contribution in [3.05, 3.63) is 66.2 Å². The van der Waals surface area contributed by atoms with Crippen LogP contribution in [0.5, 0.6) is 0 Å². The number of para-hydroxylation sites is 1. The van der Waals surface area contributed by atoms with Gasteiger partial charge in [0.05, 0.1) is 0 Å². The van der Waals surface area contributed by atoms with E-state index < -0.39 is 6.09 Å². The number of carbonyl (C=O) groups is 2. The molecule has 0 unspecified atom stereocenters. The Balaban J connectivity index is 1.49. The third kappa shape index (κ3) is 9.14. The van der Waals surface area contributed by atoms with Crippen LogP contribution in [0.4, 0.5) is 10.5 Å². The summed E-state index contributed by atoms with van der Waals surface area (Å²) in [6.07, 6.45) is 1.39. The summed E-state index contributed by atoms with van der Waals surface area (Å²) in [5, 5.41) is 5.61. The van der Waals surface area contributed by atoms with Gasteiger partial charge in [0.15, 0.2) is 0 Å². The fourth-order valence-electron chi connectivity index (χ4n) is 2.91. The predicted molar refractivity (Wildman–Crippen MR) is 116 cm³/mol. The van der Waals surface area contributed by atoms with Gasteiger partial charge >= 0.3 is 6.09 Å². The number of anilines is 1. The third-order valence-corrected chi connectivity index (χ3v) is 4.49. The second kappa shape index (κ2) is 13.2. The summed E-state index contributed by atoms with van der Waals surface area (Å²) in [4.78, 5) is 25.8. The highest BCUT2D eigenvalue weighted by Gasteiger charge is 2.06. The van der Waals surface area contributed by atoms with Crippen LogP contribution in [0, 0.1) is 0 Å². The number of benzene rings is 2. The number of nitrogens with one attached hydrogen (secondary N) is 2. The molecular formula is C23H31N3O3. The lowest BCUT2D eigenvalue weighted by atomic mass is 10.2. The van der Waals surface area contributed by atoms with Crippen molar-refractivity contribution in [2.75, 3.05) is 31.1 Å². The number of alkyl carbamates (subject to hydrolysis) is 1. The molecule has 0 radical (unpaired) electrons. The van der Waals surface area contributed by atoms with Crippen LogP contribution in [0.3, 0.4) is 0 Å². The van der Waals surface area contributed by atoms with Crippen molar-refractivity contribution in [2.45, 2.75) is 32.8 Å². The first-order chi connectivity index (χ1) is 14.2. The van der Waals surface area contributed by atoms with Gasteiger partial charge in [-0.05, 0) is 37.5 Å². The number of carbonyl (C=O) groups excluding carboxylic acids is 2. The van der Waals surface area contributed by atoms with Crippen molar-refractivity contribution < 1.29 is 14.3 Å². The lowest BCUT2D eigenvalue weighted by molar-refractivity contribution is -0.121. The van der Waals surface area contributed by atoms with Crippen LogP contribution in [0.2, 0.25) is 0 Å². The lowest BCUT2D eigenvalue weighted by Gasteiger charge is -2.23. The van der Waals surface area contributed by atoms with E-state index in [0.717, 1.165) is 25.1 Å². The van der Waals surface area contributed by atoms with E-state index in [1.54, 1.807) is 0 Å². The Hall–Kier alpha value is -3.02. The van der Waals surface area contributed by atoms with Gasteiger partial charge in [0.25, 0.3) is 0 Å². The van der Waals surface area contributed by atoms with Gasteiger partial charge < -0.3 is 20.3 Å². The first kappa shape index (κ1) is 22.3. The molecule has 0 atom stereocenters. The highest BCUT2D eigenvalue weighted by molar-refractivity contribution is 5.75. The molecular weight excluding hydrogens is 366 g/mol. The molecule has 6 nitrogen and oxygen atoms in total. The van der Waals surface area contributed by atoms with E-state index >= 15 is 0 Å². The monoisotopic (exact) mass is 397 g/mol. The van der Waals surface area contributed by atoms with Crippen LogP contribution in [0.25, 0.3) is 0 Å². The number of hydrogen-bond acceptors (Lipinski definition) is 4. The minimum Gasteiger partial charge on any atom is -0.445 e. The molecule has 0 aliphatic heterocycles. The number of nitrogens with zero attached hydrogens (tertiary/aromatic N) is 1. The summed E-state index contributed by atoms with van der Waals surface area (Å²) < 4.78 is 5.13. The number of amides is 2. The van der Waals surface area contributed by atoms with Gasteiger partial charge in [0.2, 0.25) is 5.91 Å². The summed E-state index contributed by atoms with van der Waals surface area (Å²) >= 11 is 0. The Kier molecular flexibility index (Phi) is 10.1. The Morgan fingerprint density at radius 3 is 2.24 bits per heavy atom. The Morgan fingerprint density at radius 2 is 1.55 bits per heavy atom. The van der Waals surface area contributed by atoms with Crippen LogP contribution < -0.4 is 15.5 Å². The van der Waals surface area contributed by atoms with Crippen LogP contribution in [0.15, 0.2) is 60.7 Å². The molecule has 0 aromatic heterocycles. The summed E-state index contributed by atoms with van der Waals surface area (Å²) in [6, 6.07) is 19.8. The predicted octanol–water partition coefficient (Wildman–Crippen LogP) is 3.73.